The molecule has 3 aromatic carbocycles. The molecule has 4 nitrogen and oxygen atoms in total. The van der Waals surface area contributed by atoms with Gasteiger partial charge < -0.3 is 28.0 Å². The zero-order valence-electron chi connectivity index (χ0n) is 16.0. The predicted octanol–water partition coefficient (Wildman–Crippen LogP) is 1.50. The molecule has 4 rings (SSSR count). The second-order valence-corrected chi connectivity index (χ2v) is 7.89. The molecule has 0 spiro atoms. The Morgan fingerprint density at radius 1 is 1.10 bits per heavy atom. The molecular weight excluding hydrogens is 428 g/mol. The van der Waals surface area contributed by atoms with E-state index >= 15 is 0 Å². The van der Waals surface area contributed by atoms with Gasteiger partial charge in [0.1, 0.15) is 17.3 Å². The fourth-order valence-corrected chi connectivity index (χ4v) is 3.94. The van der Waals surface area contributed by atoms with Gasteiger partial charge in [-0.3, -0.25) is 0 Å². The molecule has 3 aromatic rings. The number of carboxylic acid groups (broad SMARTS) is 1. The van der Waals surface area contributed by atoms with Crippen molar-refractivity contribution in [1.29, 1.82) is 0 Å². The van der Waals surface area contributed by atoms with Crippen molar-refractivity contribution in [3.8, 4) is 22.6 Å². The van der Waals surface area contributed by atoms with Gasteiger partial charge >= 0.3 is 5.97 Å². The van der Waals surface area contributed by atoms with Crippen LogP contribution in [0.15, 0.2) is 60.7 Å². The standard InChI is InChI=1S/C23H19ClFNO3.ClH/c24-17-9-15(10-18(25)12-17)20-3-1-2-4-21(20)29-19-6-5-14-7-8-23(26,22(27)28)13-16(14)11-19;/h1-6,9-12H,7-8,13,26H2,(H,27,28);1H. The number of halogens is 3. The van der Waals surface area contributed by atoms with Crippen molar-refractivity contribution in [3.63, 3.8) is 0 Å². The zero-order chi connectivity index (χ0) is 20.6. The minimum atomic E-state index is -1.01. The molecule has 0 saturated heterocycles. The van der Waals surface area contributed by atoms with Gasteiger partial charge in [-0.25, -0.2) is 9.18 Å². The molecule has 1 aliphatic rings. The van der Waals surface area contributed by atoms with E-state index in [1.807, 2.05) is 36.4 Å². The molecule has 1 unspecified atom stereocenters. The molecule has 1 atom stereocenters. The van der Waals surface area contributed by atoms with Gasteiger partial charge in [0.2, 0.25) is 0 Å². The predicted molar refractivity (Wildman–Crippen MR) is 109 cm³/mol. The summed E-state index contributed by atoms with van der Waals surface area (Å²) in [6.07, 6.45) is 1.54. The smallest absolute Gasteiger partial charge is 0.365 e. The lowest BCUT2D eigenvalue weighted by Gasteiger charge is -2.28. The normalized spacial score (nSPS) is 17.6. The third kappa shape index (κ3) is 4.43. The number of carbonyl (C=O) groups is 1. The number of fused-ring (bicyclic) bond motifs is 1. The molecule has 0 amide bonds. The highest BCUT2D eigenvalue weighted by Gasteiger charge is 2.41. The first-order valence-corrected chi connectivity index (χ1v) is 9.66. The summed E-state index contributed by atoms with van der Waals surface area (Å²) < 4.78 is 19.9. The highest BCUT2D eigenvalue weighted by atomic mass is 35.5. The Kier molecular flexibility index (Phi) is 6.36. The van der Waals surface area contributed by atoms with Crippen LogP contribution in [0, 0.1) is 5.82 Å². The van der Waals surface area contributed by atoms with Crippen LogP contribution in [-0.4, -0.2) is 16.6 Å². The SMILES string of the molecule is [Cl-].[NH3+]C1(C(=O)O)CCc2ccc(Oc3ccccc3-c3cc(F)cc(Cl)c3)cc2C1. The summed E-state index contributed by atoms with van der Waals surface area (Å²) in [5, 5.41) is 9.81. The number of rotatable bonds is 4. The third-order valence-electron chi connectivity index (χ3n) is 5.32. The van der Waals surface area contributed by atoms with E-state index in [-0.39, 0.29) is 12.4 Å². The summed E-state index contributed by atoms with van der Waals surface area (Å²) in [5.41, 5.74) is 6.28. The maximum Gasteiger partial charge on any atom is 0.365 e. The van der Waals surface area contributed by atoms with Crippen LogP contribution in [-0.2, 0) is 17.6 Å². The van der Waals surface area contributed by atoms with Crippen molar-refractivity contribution in [3.05, 3.63) is 82.6 Å². The van der Waals surface area contributed by atoms with Crippen LogP contribution in [0.1, 0.15) is 17.5 Å². The summed E-state index contributed by atoms with van der Waals surface area (Å²) in [6, 6.07) is 17.4. The first-order chi connectivity index (χ1) is 13.8. The third-order valence-corrected chi connectivity index (χ3v) is 5.54. The van der Waals surface area contributed by atoms with Crippen LogP contribution in [0.5, 0.6) is 11.5 Å². The second kappa shape index (κ2) is 8.64. The van der Waals surface area contributed by atoms with E-state index in [9.17, 15) is 14.3 Å². The molecule has 4 N–H and O–H groups in total. The van der Waals surface area contributed by atoms with Gasteiger partial charge in [0.05, 0.1) is 0 Å². The maximum absolute atomic E-state index is 13.8. The summed E-state index contributed by atoms with van der Waals surface area (Å²) in [7, 11) is 0. The Hall–Kier alpha value is -2.60. The topological polar surface area (TPSA) is 74.2 Å². The second-order valence-electron chi connectivity index (χ2n) is 7.45. The highest BCUT2D eigenvalue weighted by molar-refractivity contribution is 6.30. The lowest BCUT2D eigenvalue weighted by Crippen LogP contribution is -3.00. The van der Waals surface area contributed by atoms with Crippen molar-refractivity contribution in [2.45, 2.75) is 24.8 Å². The van der Waals surface area contributed by atoms with E-state index in [0.29, 0.717) is 46.9 Å². The molecule has 0 saturated carbocycles. The average molecular weight is 448 g/mol. The molecule has 0 heterocycles. The Bertz CT molecular complexity index is 1090. The van der Waals surface area contributed by atoms with Gasteiger partial charge in [-0.05, 0) is 59.5 Å². The lowest BCUT2D eigenvalue weighted by atomic mass is 9.78. The number of carboxylic acids is 1. The van der Waals surface area contributed by atoms with E-state index in [1.54, 1.807) is 12.1 Å². The van der Waals surface area contributed by atoms with Gasteiger partial charge in [0.15, 0.2) is 5.54 Å². The van der Waals surface area contributed by atoms with E-state index in [2.05, 4.69) is 5.73 Å². The molecule has 1 aliphatic carbocycles. The molecule has 0 aliphatic heterocycles. The van der Waals surface area contributed by atoms with Gasteiger partial charge in [0, 0.05) is 23.4 Å². The molecular formula is C23H20Cl2FNO3. The molecule has 30 heavy (non-hydrogen) atoms. The maximum atomic E-state index is 13.8. The summed E-state index contributed by atoms with van der Waals surface area (Å²) >= 11 is 6.01. The van der Waals surface area contributed by atoms with Gasteiger partial charge in [-0.1, -0.05) is 35.9 Å². The van der Waals surface area contributed by atoms with Gasteiger partial charge in [-0.2, -0.15) is 0 Å². The number of quaternary nitrogens is 1. The average Bonchev–Trinajstić information content (AvgIpc) is 2.67. The zero-order valence-corrected chi connectivity index (χ0v) is 17.5. The van der Waals surface area contributed by atoms with Gasteiger partial charge in [-0.15, -0.1) is 0 Å². The molecule has 0 radical (unpaired) electrons. The summed E-state index contributed by atoms with van der Waals surface area (Å²) in [5.74, 6) is -0.156. The van der Waals surface area contributed by atoms with E-state index in [1.165, 1.54) is 12.1 Å². The largest absolute Gasteiger partial charge is 1.00 e. The minimum Gasteiger partial charge on any atom is -1.00 e. The number of ether oxygens (including phenoxy) is 1. The van der Waals surface area contributed by atoms with Crippen molar-refractivity contribution in [2.24, 2.45) is 0 Å². The monoisotopic (exact) mass is 447 g/mol. The molecule has 0 aromatic heterocycles. The molecule has 7 heteroatoms. The van der Waals surface area contributed by atoms with Crippen molar-refractivity contribution >= 4 is 17.6 Å². The van der Waals surface area contributed by atoms with E-state index in [0.717, 1.165) is 11.1 Å². The number of benzene rings is 3. The van der Waals surface area contributed by atoms with Crippen LogP contribution in [0.2, 0.25) is 5.02 Å². The Balaban J connectivity index is 0.00000256. The summed E-state index contributed by atoms with van der Waals surface area (Å²) in [6.45, 7) is 0. The molecule has 0 bridgehead atoms. The number of hydrogen-bond donors (Lipinski definition) is 2. The van der Waals surface area contributed by atoms with Crippen molar-refractivity contribution < 1.29 is 37.2 Å². The number of para-hydroxylation sites is 1. The Morgan fingerprint density at radius 2 is 1.87 bits per heavy atom. The van der Waals surface area contributed by atoms with Crippen LogP contribution in [0.4, 0.5) is 4.39 Å². The van der Waals surface area contributed by atoms with Crippen LogP contribution in [0.25, 0.3) is 11.1 Å². The van der Waals surface area contributed by atoms with Crippen LogP contribution >= 0.6 is 11.6 Å². The lowest BCUT2D eigenvalue weighted by molar-refractivity contribution is -0.464. The first kappa shape index (κ1) is 22.1. The summed E-state index contributed by atoms with van der Waals surface area (Å²) in [4.78, 5) is 11.6. The highest BCUT2D eigenvalue weighted by Crippen LogP contribution is 2.36. The molecule has 156 valence electrons. The minimum absolute atomic E-state index is 0. The fourth-order valence-electron chi connectivity index (χ4n) is 3.71. The quantitative estimate of drug-likeness (QED) is 0.636. The number of aliphatic carboxylic acids is 1. The number of hydrogen-bond acceptors (Lipinski definition) is 2. The van der Waals surface area contributed by atoms with Crippen LogP contribution in [0.3, 0.4) is 0 Å². The van der Waals surface area contributed by atoms with Crippen molar-refractivity contribution in [2.75, 3.05) is 0 Å². The van der Waals surface area contributed by atoms with Gasteiger partial charge in [0.25, 0.3) is 0 Å². The number of aryl methyl sites for hydroxylation is 1. The van der Waals surface area contributed by atoms with E-state index < -0.39 is 17.3 Å². The van der Waals surface area contributed by atoms with Crippen LogP contribution < -0.4 is 22.9 Å². The van der Waals surface area contributed by atoms with E-state index in [4.69, 9.17) is 16.3 Å². The Labute approximate surface area is 184 Å². The first-order valence-electron chi connectivity index (χ1n) is 9.28. The Morgan fingerprint density at radius 3 is 2.60 bits per heavy atom. The fraction of sp³-hybridized carbons (Fsp3) is 0.174. The van der Waals surface area contributed by atoms with Crippen molar-refractivity contribution in [1.82, 2.24) is 0 Å². The molecule has 0 fully saturated rings.